The van der Waals surface area contributed by atoms with Crippen molar-refractivity contribution < 1.29 is 28.3 Å². The Labute approximate surface area is 169 Å². The van der Waals surface area contributed by atoms with Crippen LogP contribution < -0.4 is 10.6 Å². The number of rotatable bonds is 9. The van der Waals surface area contributed by atoms with E-state index in [-0.39, 0.29) is 24.2 Å². The van der Waals surface area contributed by atoms with E-state index in [0.29, 0.717) is 5.56 Å². The highest BCUT2D eigenvalue weighted by molar-refractivity contribution is 5.95. The number of carboxylic acids is 1. The summed E-state index contributed by atoms with van der Waals surface area (Å²) in [4.78, 5) is 37.6. The van der Waals surface area contributed by atoms with Gasteiger partial charge >= 0.3 is 5.97 Å². The molecule has 0 spiro atoms. The van der Waals surface area contributed by atoms with Crippen molar-refractivity contribution in [3.05, 3.63) is 81.2 Å². The Balaban J connectivity index is 1.95. The van der Waals surface area contributed by atoms with Crippen molar-refractivity contribution in [1.82, 2.24) is 10.6 Å². The summed E-state index contributed by atoms with van der Waals surface area (Å²) in [6, 6.07) is 8.03. The molecule has 0 saturated carbocycles. The highest BCUT2D eigenvalue weighted by atomic mass is 19.2. The minimum atomic E-state index is -1.15. The molecule has 3 N–H and O–H groups in total. The second-order valence-corrected chi connectivity index (χ2v) is 6.19. The fraction of sp³-hybridized carbons (Fsp3) is 0.211. The standard InChI is InChI=1S/C19H17F2N5O4/c20-15-6-5-13(7-16(15)21)18(29)23-9-11-1-3-12(4-2-11)19(30)25-14(8-17(27)28)10-24-26-22/h1-7,14H,8-10H2,(H,23,29)(H,25,30)(H,27,28)/t14-/m0/s1. The maximum absolute atomic E-state index is 13.2. The van der Waals surface area contributed by atoms with Gasteiger partial charge in [-0.15, -0.1) is 0 Å². The molecule has 2 amide bonds. The Kier molecular flexibility index (Phi) is 7.83. The molecular weight excluding hydrogens is 400 g/mol. The molecule has 0 fully saturated rings. The van der Waals surface area contributed by atoms with Crippen molar-refractivity contribution in [3.63, 3.8) is 0 Å². The summed E-state index contributed by atoms with van der Waals surface area (Å²) in [6.45, 7) is -0.124. The van der Waals surface area contributed by atoms with E-state index < -0.39 is 41.9 Å². The van der Waals surface area contributed by atoms with Crippen LogP contribution in [0.25, 0.3) is 10.4 Å². The number of amides is 2. The molecule has 0 aromatic heterocycles. The molecule has 0 saturated heterocycles. The van der Waals surface area contributed by atoms with Crippen molar-refractivity contribution in [2.45, 2.75) is 19.0 Å². The summed E-state index contributed by atoms with van der Waals surface area (Å²) >= 11 is 0. The zero-order valence-electron chi connectivity index (χ0n) is 15.5. The number of hydrogen-bond donors (Lipinski definition) is 3. The van der Waals surface area contributed by atoms with Crippen LogP contribution in [0.4, 0.5) is 8.78 Å². The lowest BCUT2D eigenvalue weighted by atomic mass is 10.1. The van der Waals surface area contributed by atoms with Crippen LogP contribution in [-0.4, -0.2) is 35.5 Å². The predicted octanol–water partition coefficient (Wildman–Crippen LogP) is 2.78. The van der Waals surface area contributed by atoms with Crippen LogP contribution in [0.15, 0.2) is 47.6 Å². The zero-order valence-corrected chi connectivity index (χ0v) is 15.5. The Morgan fingerprint density at radius 2 is 1.70 bits per heavy atom. The number of halogens is 2. The summed E-state index contributed by atoms with van der Waals surface area (Å²) < 4.78 is 26.1. The van der Waals surface area contributed by atoms with Gasteiger partial charge in [-0.25, -0.2) is 8.78 Å². The third kappa shape index (κ3) is 6.57. The molecule has 0 radical (unpaired) electrons. The van der Waals surface area contributed by atoms with Crippen molar-refractivity contribution in [1.29, 1.82) is 0 Å². The minimum absolute atomic E-state index is 0.0330. The largest absolute Gasteiger partial charge is 0.481 e. The number of hydrogen-bond acceptors (Lipinski definition) is 4. The van der Waals surface area contributed by atoms with E-state index in [4.69, 9.17) is 10.6 Å². The topological polar surface area (TPSA) is 144 Å². The molecule has 0 heterocycles. The maximum atomic E-state index is 13.2. The molecule has 9 nitrogen and oxygen atoms in total. The molecule has 2 aromatic carbocycles. The predicted molar refractivity (Wildman–Crippen MR) is 101 cm³/mol. The molecule has 2 aromatic rings. The molecule has 0 aliphatic carbocycles. The summed E-state index contributed by atoms with van der Waals surface area (Å²) in [5, 5.41) is 17.2. The van der Waals surface area contributed by atoms with Crippen molar-refractivity contribution >= 4 is 17.8 Å². The summed E-state index contributed by atoms with van der Waals surface area (Å²) in [6.07, 6.45) is -0.404. The van der Waals surface area contributed by atoms with Crippen LogP contribution in [0.1, 0.15) is 32.7 Å². The molecule has 0 aliphatic heterocycles. The lowest BCUT2D eigenvalue weighted by Gasteiger charge is -2.14. The molecule has 0 bridgehead atoms. The monoisotopic (exact) mass is 417 g/mol. The number of carbonyl (C=O) groups excluding carboxylic acids is 2. The Hall–Kier alpha value is -3.98. The van der Waals surface area contributed by atoms with E-state index in [1.807, 2.05) is 0 Å². The quantitative estimate of drug-likeness (QED) is 0.327. The summed E-state index contributed by atoms with van der Waals surface area (Å²) in [5.41, 5.74) is 9.19. The van der Waals surface area contributed by atoms with Crippen molar-refractivity contribution in [3.8, 4) is 0 Å². The number of carboxylic acid groups (broad SMARTS) is 1. The first-order valence-corrected chi connectivity index (χ1v) is 8.66. The fourth-order valence-electron chi connectivity index (χ4n) is 2.47. The first-order chi connectivity index (χ1) is 14.3. The fourth-order valence-corrected chi connectivity index (χ4v) is 2.47. The number of carbonyl (C=O) groups is 3. The highest BCUT2D eigenvalue weighted by Crippen LogP contribution is 2.10. The third-order valence-corrected chi connectivity index (χ3v) is 3.97. The normalized spacial score (nSPS) is 11.1. The smallest absolute Gasteiger partial charge is 0.305 e. The van der Waals surface area contributed by atoms with Crippen LogP contribution >= 0.6 is 0 Å². The molecule has 1 atom stereocenters. The van der Waals surface area contributed by atoms with E-state index in [2.05, 4.69) is 20.7 Å². The second-order valence-electron chi connectivity index (χ2n) is 6.19. The van der Waals surface area contributed by atoms with E-state index in [9.17, 15) is 23.2 Å². The lowest BCUT2D eigenvalue weighted by Crippen LogP contribution is -2.38. The van der Waals surface area contributed by atoms with E-state index >= 15 is 0 Å². The average molecular weight is 417 g/mol. The number of azide groups is 1. The van der Waals surface area contributed by atoms with Gasteiger partial charge in [0.2, 0.25) is 0 Å². The van der Waals surface area contributed by atoms with Gasteiger partial charge in [-0.1, -0.05) is 17.2 Å². The molecule has 30 heavy (non-hydrogen) atoms. The number of aliphatic carboxylic acids is 1. The molecular formula is C19H17F2N5O4. The van der Waals surface area contributed by atoms with Gasteiger partial charge in [-0.05, 0) is 41.4 Å². The van der Waals surface area contributed by atoms with Gasteiger partial charge in [0.1, 0.15) is 0 Å². The first-order valence-electron chi connectivity index (χ1n) is 8.66. The molecule has 2 rings (SSSR count). The van der Waals surface area contributed by atoms with Crippen LogP contribution in [-0.2, 0) is 11.3 Å². The van der Waals surface area contributed by atoms with Gasteiger partial charge in [0, 0.05) is 35.2 Å². The molecule has 11 heteroatoms. The van der Waals surface area contributed by atoms with Crippen LogP contribution in [0.3, 0.4) is 0 Å². The minimum Gasteiger partial charge on any atom is -0.481 e. The van der Waals surface area contributed by atoms with Gasteiger partial charge < -0.3 is 15.7 Å². The number of nitrogens with zero attached hydrogens (tertiary/aromatic N) is 3. The summed E-state index contributed by atoms with van der Waals surface area (Å²) in [5.74, 6) is -4.47. The van der Waals surface area contributed by atoms with E-state index in [0.717, 1.165) is 18.2 Å². The molecule has 0 aliphatic rings. The molecule has 156 valence electrons. The third-order valence-electron chi connectivity index (χ3n) is 3.97. The van der Waals surface area contributed by atoms with Gasteiger partial charge in [0.15, 0.2) is 11.6 Å². The highest BCUT2D eigenvalue weighted by Gasteiger charge is 2.16. The van der Waals surface area contributed by atoms with E-state index in [1.54, 1.807) is 12.1 Å². The number of nitrogens with one attached hydrogen (secondary N) is 2. The Bertz CT molecular complexity index is 987. The van der Waals surface area contributed by atoms with E-state index in [1.165, 1.54) is 12.1 Å². The zero-order chi connectivity index (χ0) is 22.1. The second kappa shape index (κ2) is 10.5. The SMILES string of the molecule is [N-]=[N+]=NC[C@H](CC(=O)O)NC(=O)c1ccc(CNC(=O)c2ccc(F)c(F)c2)cc1. The first kappa shape index (κ1) is 22.3. The van der Waals surface area contributed by atoms with Crippen molar-refractivity contribution in [2.24, 2.45) is 5.11 Å². The summed E-state index contributed by atoms with van der Waals surface area (Å²) in [7, 11) is 0. The lowest BCUT2D eigenvalue weighted by molar-refractivity contribution is -0.137. The average Bonchev–Trinajstić information content (AvgIpc) is 2.72. The molecule has 0 unspecified atom stereocenters. The van der Waals surface area contributed by atoms with Crippen LogP contribution in [0.2, 0.25) is 0 Å². The van der Waals surface area contributed by atoms with Gasteiger partial charge in [-0.2, -0.15) is 0 Å². The van der Waals surface area contributed by atoms with Crippen LogP contribution in [0, 0.1) is 11.6 Å². The number of benzene rings is 2. The van der Waals surface area contributed by atoms with Crippen LogP contribution in [0.5, 0.6) is 0 Å². The Morgan fingerprint density at radius 1 is 1.03 bits per heavy atom. The van der Waals surface area contributed by atoms with Gasteiger partial charge in [0.05, 0.1) is 6.42 Å². The van der Waals surface area contributed by atoms with Gasteiger partial charge in [-0.3, -0.25) is 14.4 Å². The van der Waals surface area contributed by atoms with Gasteiger partial charge in [0.25, 0.3) is 11.8 Å². The van der Waals surface area contributed by atoms with Crippen molar-refractivity contribution in [2.75, 3.05) is 6.54 Å². The Morgan fingerprint density at radius 3 is 2.30 bits per heavy atom. The maximum Gasteiger partial charge on any atom is 0.305 e.